The lowest BCUT2D eigenvalue weighted by atomic mass is 9.97. The maximum Gasteiger partial charge on any atom is 0.0640 e. The molecule has 10 aromatic rings. The molecule has 0 radical (unpaired) electrons. The lowest BCUT2D eigenvalue weighted by molar-refractivity contribution is 1.19. The smallest absolute Gasteiger partial charge is 0.0640 e. The lowest BCUT2D eigenvalue weighted by Gasteiger charge is -2.29. The van der Waals surface area contributed by atoms with Gasteiger partial charge in [-0.1, -0.05) is 182 Å². The summed E-state index contributed by atoms with van der Waals surface area (Å²) >= 11 is 0. The van der Waals surface area contributed by atoms with E-state index in [2.05, 4.69) is 228 Å². The van der Waals surface area contributed by atoms with E-state index in [4.69, 9.17) is 0 Å². The number of fused-ring (bicyclic) bond motifs is 5. The van der Waals surface area contributed by atoms with Gasteiger partial charge in [0.1, 0.15) is 0 Å². The van der Waals surface area contributed by atoms with Gasteiger partial charge in [0.15, 0.2) is 0 Å². The topological polar surface area (TPSA) is 8.17 Å². The highest BCUT2D eigenvalue weighted by molar-refractivity contribution is 6.26. The highest BCUT2D eigenvalue weighted by Gasteiger charge is 2.26. The summed E-state index contributed by atoms with van der Waals surface area (Å²) in [6.45, 7) is 0. The van der Waals surface area contributed by atoms with Crippen molar-refractivity contribution in [1.82, 2.24) is 4.57 Å². The number of anilines is 3. The van der Waals surface area contributed by atoms with Crippen LogP contribution in [0.25, 0.3) is 71.6 Å². The van der Waals surface area contributed by atoms with Gasteiger partial charge < -0.3 is 9.47 Å². The van der Waals surface area contributed by atoms with Crippen LogP contribution in [-0.4, -0.2) is 4.57 Å². The Labute approximate surface area is 315 Å². The molecule has 0 N–H and O–H groups in total. The molecule has 9 aromatic carbocycles. The highest BCUT2D eigenvalue weighted by atomic mass is 15.2. The zero-order valence-electron chi connectivity index (χ0n) is 29.7. The Balaban J connectivity index is 1.36. The largest absolute Gasteiger partial charge is 0.309 e. The number of nitrogens with zero attached hydrogens (tertiary/aromatic N) is 2. The van der Waals surface area contributed by atoms with Gasteiger partial charge in [0.25, 0.3) is 0 Å². The fraction of sp³-hybridized carbons (Fsp3) is 0. The van der Waals surface area contributed by atoms with Gasteiger partial charge >= 0.3 is 0 Å². The zero-order valence-corrected chi connectivity index (χ0v) is 29.7. The Bertz CT molecular complexity index is 2890. The fourth-order valence-electron chi connectivity index (χ4n) is 8.14. The second-order valence-electron chi connectivity index (χ2n) is 13.7. The number of hydrogen-bond acceptors (Lipinski definition) is 1. The highest BCUT2D eigenvalue weighted by Crippen LogP contribution is 2.50. The monoisotopic (exact) mass is 688 g/mol. The third-order valence-electron chi connectivity index (χ3n) is 10.6. The summed E-state index contributed by atoms with van der Waals surface area (Å²) in [5.41, 5.74) is 14.0. The van der Waals surface area contributed by atoms with Crippen LogP contribution in [0.2, 0.25) is 0 Å². The molecule has 10 rings (SSSR count). The van der Waals surface area contributed by atoms with E-state index in [-0.39, 0.29) is 0 Å². The van der Waals surface area contributed by atoms with Crippen molar-refractivity contribution in [2.75, 3.05) is 4.90 Å². The molecular formula is C52H36N2. The van der Waals surface area contributed by atoms with Gasteiger partial charge in [0.2, 0.25) is 0 Å². The van der Waals surface area contributed by atoms with E-state index < -0.39 is 0 Å². The number of aromatic nitrogens is 1. The van der Waals surface area contributed by atoms with Crippen LogP contribution < -0.4 is 4.90 Å². The maximum atomic E-state index is 2.50. The molecule has 2 heteroatoms. The van der Waals surface area contributed by atoms with E-state index in [1.807, 2.05) is 0 Å². The first-order valence-electron chi connectivity index (χ1n) is 18.5. The van der Waals surface area contributed by atoms with E-state index in [9.17, 15) is 0 Å². The third-order valence-corrected chi connectivity index (χ3v) is 10.6. The Morgan fingerprint density at radius 1 is 0.333 bits per heavy atom. The summed E-state index contributed by atoms with van der Waals surface area (Å²) in [5, 5.41) is 4.81. The predicted molar refractivity (Wildman–Crippen MR) is 229 cm³/mol. The molecule has 254 valence electrons. The summed E-state index contributed by atoms with van der Waals surface area (Å²) in [4.78, 5) is 2.48. The van der Waals surface area contributed by atoms with E-state index in [1.54, 1.807) is 0 Å². The van der Waals surface area contributed by atoms with Crippen LogP contribution in [0.4, 0.5) is 17.1 Å². The zero-order chi connectivity index (χ0) is 35.8. The summed E-state index contributed by atoms with van der Waals surface area (Å²) in [6.07, 6.45) is 0. The molecule has 0 spiro atoms. The van der Waals surface area contributed by atoms with Gasteiger partial charge in [-0.15, -0.1) is 0 Å². The Hall–Kier alpha value is -7.16. The van der Waals surface area contributed by atoms with Crippen LogP contribution in [0.3, 0.4) is 0 Å². The van der Waals surface area contributed by atoms with Gasteiger partial charge in [0, 0.05) is 38.7 Å². The maximum absolute atomic E-state index is 2.50. The average molecular weight is 689 g/mol. The van der Waals surface area contributed by atoms with Crippen molar-refractivity contribution >= 4 is 49.6 Å². The van der Waals surface area contributed by atoms with Gasteiger partial charge in [-0.3, -0.25) is 0 Å². The average Bonchev–Trinajstić information content (AvgIpc) is 3.62. The van der Waals surface area contributed by atoms with Gasteiger partial charge in [-0.2, -0.15) is 0 Å². The van der Waals surface area contributed by atoms with Crippen molar-refractivity contribution in [3.63, 3.8) is 0 Å². The third kappa shape index (κ3) is 5.36. The molecule has 0 aliphatic carbocycles. The summed E-state index contributed by atoms with van der Waals surface area (Å²) in [7, 11) is 0. The van der Waals surface area contributed by atoms with Crippen LogP contribution in [0.15, 0.2) is 218 Å². The number of rotatable bonds is 7. The van der Waals surface area contributed by atoms with Crippen molar-refractivity contribution in [2.45, 2.75) is 0 Å². The van der Waals surface area contributed by atoms with Crippen molar-refractivity contribution < 1.29 is 0 Å². The van der Waals surface area contributed by atoms with Crippen LogP contribution in [0.5, 0.6) is 0 Å². The Morgan fingerprint density at radius 2 is 0.852 bits per heavy atom. The van der Waals surface area contributed by atoms with Gasteiger partial charge in [-0.25, -0.2) is 0 Å². The number of benzene rings is 9. The Morgan fingerprint density at radius 3 is 1.56 bits per heavy atom. The minimum Gasteiger partial charge on any atom is -0.309 e. The van der Waals surface area contributed by atoms with E-state index in [0.717, 1.165) is 22.7 Å². The Kier molecular flexibility index (Phi) is 7.85. The SMILES string of the molecule is c1ccc(-c2ccc(N(c3ccccc3-c3ccccc3)c3cc4ccccc4c4c3c3cccc(-c5ccccc5)c3n4-c3ccccc3)cc2)cc1. The fourth-order valence-corrected chi connectivity index (χ4v) is 8.14. The van der Waals surface area contributed by atoms with Crippen molar-refractivity contribution in [2.24, 2.45) is 0 Å². The summed E-state index contributed by atoms with van der Waals surface area (Å²) in [6, 6.07) is 78.9. The second-order valence-corrected chi connectivity index (χ2v) is 13.7. The van der Waals surface area contributed by atoms with Crippen molar-refractivity contribution in [3.05, 3.63) is 218 Å². The van der Waals surface area contributed by atoms with E-state index in [0.29, 0.717) is 0 Å². The quantitative estimate of drug-likeness (QED) is 0.162. The number of hydrogen-bond donors (Lipinski definition) is 0. The van der Waals surface area contributed by atoms with Crippen molar-refractivity contribution in [3.8, 4) is 39.1 Å². The molecule has 0 fully saturated rings. The second kappa shape index (κ2) is 13.4. The van der Waals surface area contributed by atoms with E-state index >= 15 is 0 Å². The minimum atomic E-state index is 1.09. The van der Waals surface area contributed by atoms with Crippen LogP contribution in [0.1, 0.15) is 0 Å². The minimum absolute atomic E-state index is 1.09. The molecule has 0 aliphatic heterocycles. The normalized spacial score (nSPS) is 11.3. The molecule has 0 saturated carbocycles. The van der Waals surface area contributed by atoms with Gasteiger partial charge in [-0.05, 0) is 64.0 Å². The van der Waals surface area contributed by atoms with Crippen LogP contribution >= 0.6 is 0 Å². The summed E-state index contributed by atoms with van der Waals surface area (Å²) in [5.74, 6) is 0. The molecule has 0 aliphatic rings. The molecule has 54 heavy (non-hydrogen) atoms. The first-order chi connectivity index (χ1) is 26.8. The van der Waals surface area contributed by atoms with Crippen LogP contribution in [0, 0.1) is 0 Å². The van der Waals surface area contributed by atoms with Gasteiger partial charge in [0.05, 0.1) is 22.4 Å². The molecule has 2 nitrogen and oxygen atoms in total. The standard InChI is InChI=1S/C52H36N2/c1-5-18-37(19-6-1)38-32-34-43(35-33-38)53(48-31-16-15-27-44(48)39-20-7-2-8-21-39)49-36-41-24-13-14-28-46(41)52-50(49)47-30-17-29-45(40-22-9-3-10-23-40)51(47)54(52)42-25-11-4-12-26-42/h1-36H. The van der Waals surface area contributed by atoms with E-state index in [1.165, 1.54) is 66.0 Å². The molecule has 0 saturated heterocycles. The predicted octanol–water partition coefficient (Wildman–Crippen LogP) is 14.4. The molecule has 0 amide bonds. The first-order valence-corrected chi connectivity index (χ1v) is 18.5. The lowest BCUT2D eigenvalue weighted by Crippen LogP contribution is -2.12. The molecular weight excluding hydrogens is 653 g/mol. The molecule has 0 unspecified atom stereocenters. The molecule has 1 heterocycles. The van der Waals surface area contributed by atoms with Crippen LogP contribution in [-0.2, 0) is 0 Å². The van der Waals surface area contributed by atoms with Crippen molar-refractivity contribution in [1.29, 1.82) is 0 Å². The summed E-state index contributed by atoms with van der Waals surface area (Å²) < 4.78 is 2.50. The first kappa shape index (κ1) is 31.6. The molecule has 1 aromatic heterocycles. The molecule has 0 bridgehead atoms. The number of para-hydroxylation sites is 3. The molecule has 0 atom stereocenters.